The third kappa shape index (κ3) is 3.64. The van der Waals surface area contributed by atoms with Crippen LogP contribution >= 0.6 is 0 Å². The molecule has 3 aromatic rings. The van der Waals surface area contributed by atoms with E-state index in [2.05, 4.69) is 48.9 Å². The van der Waals surface area contributed by atoms with Crippen molar-refractivity contribution in [1.29, 1.82) is 0 Å². The maximum Gasteiger partial charge on any atom is 0.213 e. The van der Waals surface area contributed by atoms with Gasteiger partial charge in [0.25, 0.3) is 0 Å². The zero-order valence-corrected chi connectivity index (χ0v) is 18.3. The number of aromatic nitrogens is 1. The standard InChI is InChI=1S/C25H30NO4/c1-5-11-29-23-14-18-9-10-26-16-20-17(7-8-22(27-3)25(20)28-4)13-21(26)19(18)15-24(23)30-12-6-2/h7-8,13-16H,5-6,9-12H2,1-4H3/q+1. The fraction of sp³-hybridized carbons (Fsp3) is 0.400. The van der Waals surface area contributed by atoms with Crippen LogP contribution in [0.15, 0.2) is 36.5 Å². The smallest absolute Gasteiger partial charge is 0.213 e. The highest BCUT2D eigenvalue weighted by Gasteiger charge is 2.27. The summed E-state index contributed by atoms with van der Waals surface area (Å²) < 4.78 is 25.5. The van der Waals surface area contributed by atoms with Gasteiger partial charge in [-0.1, -0.05) is 13.8 Å². The van der Waals surface area contributed by atoms with Crippen molar-refractivity contribution in [2.24, 2.45) is 0 Å². The van der Waals surface area contributed by atoms with Gasteiger partial charge in [0, 0.05) is 12.5 Å². The molecule has 30 heavy (non-hydrogen) atoms. The second-order valence-electron chi connectivity index (χ2n) is 7.56. The SMILES string of the molecule is CCCOc1cc2c(cc1OCCC)-c1cc3ccc(OC)c(OC)c3c[n+]1CC2. The summed E-state index contributed by atoms with van der Waals surface area (Å²) in [5.41, 5.74) is 3.68. The average molecular weight is 409 g/mol. The van der Waals surface area contributed by atoms with Gasteiger partial charge in [-0.2, -0.15) is 4.57 Å². The predicted molar refractivity (Wildman–Crippen MR) is 118 cm³/mol. The van der Waals surface area contributed by atoms with Crippen LogP contribution in [0.2, 0.25) is 0 Å². The minimum atomic E-state index is 0.677. The number of hydrogen-bond donors (Lipinski definition) is 0. The fourth-order valence-corrected chi connectivity index (χ4v) is 4.04. The molecule has 2 aromatic carbocycles. The lowest BCUT2D eigenvalue weighted by Crippen LogP contribution is -2.40. The quantitative estimate of drug-likeness (QED) is 0.495. The Morgan fingerprint density at radius 1 is 0.867 bits per heavy atom. The first-order valence-corrected chi connectivity index (χ1v) is 10.7. The summed E-state index contributed by atoms with van der Waals surface area (Å²) in [5.74, 6) is 3.19. The average Bonchev–Trinajstić information content (AvgIpc) is 2.78. The van der Waals surface area contributed by atoms with Crippen LogP contribution in [0, 0.1) is 0 Å². The molecule has 158 valence electrons. The van der Waals surface area contributed by atoms with Crippen LogP contribution in [0.25, 0.3) is 22.0 Å². The second-order valence-corrected chi connectivity index (χ2v) is 7.56. The summed E-state index contributed by atoms with van der Waals surface area (Å²) in [4.78, 5) is 0. The second kappa shape index (κ2) is 8.82. The Morgan fingerprint density at radius 2 is 1.60 bits per heavy atom. The van der Waals surface area contributed by atoms with E-state index in [0.717, 1.165) is 59.6 Å². The molecule has 5 nitrogen and oxygen atoms in total. The topological polar surface area (TPSA) is 40.8 Å². The van der Waals surface area contributed by atoms with Gasteiger partial charge in [-0.25, -0.2) is 0 Å². The van der Waals surface area contributed by atoms with Gasteiger partial charge in [0.1, 0.15) is 0 Å². The van der Waals surface area contributed by atoms with Crippen LogP contribution < -0.4 is 23.5 Å². The van der Waals surface area contributed by atoms with E-state index in [4.69, 9.17) is 18.9 Å². The molecule has 0 bridgehead atoms. The highest BCUT2D eigenvalue weighted by Crippen LogP contribution is 2.40. The number of fused-ring (bicyclic) bond motifs is 4. The van der Waals surface area contributed by atoms with Crippen LogP contribution in [0.5, 0.6) is 23.0 Å². The van der Waals surface area contributed by atoms with Crippen molar-refractivity contribution in [3.05, 3.63) is 42.1 Å². The molecule has 0 saturated heterocycles. The Bertz CT molecular complexity index is 1060. The van der Waals surface area contributed by atoms with E-state index < -0.39 is 0 Å². The van der Waals surface area contributed by atoms with Gasteiger partial charge < -0.3 is 18.9 Å². The number of methoxy groups -OCH3 is 2. The predicted octanol–water partition coefficient (Wildman–Crippen LogP) is 4.95. The number of aryl methyl sites for hydroxylation is 2. The molecule has 0 fully saturated rings. The summed E-state index contributed by atoms with van der Waals surface area (Å²) >= 11 is 0. The van der Waals surface area contributed by atoms with E-state index >= 15 is 0 Å². The van der Waals surface area contributed by atoms with E-state index in [1.165, 1.54) is 16.8 Å². The zero-order valence-electron chi connectivity index (χ0n) is 18.3. The largest absolute Gasteiger partial charge is 0.493 e. The van der Waals surface area contributed by atoms with E-state index in [9.17, 15) is 0 Å². The van der Waals surface area contributed by atoms with Crippen LogP contribution in [0.3, 0.4) is 0 Å². The Hall–Kier alpha value is -2.95. The first-order valence-electron chi connectivity index (χ1n) is 10.7. The summed E-state index contributed by atoms with van der Waals surface area (Å²) in [6.07, 6.45) is 5.05. The molecule has 4 rings (SSSR count). The molecular formula is C25H30NO4+. The van der Waals surface area contributed by atoms with Gasteiger partial charge in [-0.3, -0.25) is 0 Å². The number of nitrogens with zero attached hydrogens (tertiary/aromatic N) is 1. The molecule has 1 aromatic heterocycles. The molecule has 0 spiro atoms. The first-order chi connectivity index (χ1) is 14.7. The summed E-state index contributed by atoms with van der Waals surface area (Å²) in [6, 6.07) is 10.6. The molecule has 1 aliphatic heterocycles. The third-order valence-corrected chi connectivity index (χ3v) is 5.50. The lowest BCUT2D eigenvalue weighted by Gasteiger charge is -2.20. The normalized spacial score (nSPS) is 12.3. The highest BCUT2D eigenvalue weighted by molar-refractivity contribution is 5.91. The van der Waals surface area contributed by atoms with Crippen LogP contribution in [-0.2, 0) is 13.0 Å². The van der Waals surface area contributed by atoms with Crippen LogP contribution in [0.4, 0.5) is 0 Å². The summed E-state index contributed by atoms with van der Waals surface area (Å²) in [7, 11) is 3.35. The Kier molecular flexibility index (Phi) is 5.98. The molecule has 1 aliphatic rings. The number of pyridine rings is 1. The van der Waals surface area contributed by atoms with E-state index in [0.29, 0.717) is 13.2 Å². The van der Waals surface area contributed by atoms with Gasteiger partial charge in [-0.15, -0.1) is 0 Å². The van der Waals surface area contributed by atoms with Gasteiger partial charge >= 0.3 is 0 Å². The molecule has 0 amide bonds. The number of ether oxygens (including phenoxy) is 4. The van der Waals surface area contributed by atoms with Crippen molar-refractivity contribution < 1.29 is 23.5 Å². The molecule has 0 N–H and O–H groups in total. The fourth-order valence-electron chi connectivity index (χ4n) is 4.04. The van der Waals surface area contributed by atoms with Crippen molar-refractivity contribution in [2.75, 3.05) is 27.4 Å². The molecule has 5 heteroatoms. The van der Waals surface area contributed by atoms with Crippen LogP contribution in [-0.4, -0.2) is 27.4 Å². The Labute approximate surface area is 178 Å². The number of benzene rings is 2. The first kappa shape index (κ1) is 20.3. The molecule has 0 aliphatic carbocycles. The Morgan fingerprint density at radius 3 is 2.27 bits per heavy atom. The molecule has 0 atom stereocenters. The minimum Gasteiger partial charge on any atom is -0.493 e. The van der Waals surface area contributed by atoms with Crippen LogP contribution in [0.1, 0.15) is 32.3 Å². The molecule has 0 saturated carbocycles. The molecule has 0 unspecified atom stereocenters. The van der Waals surface area contributed by atoms with Crippen molar-refractivity contribution in [3.8, 4) is 34.3 Å². The van der Waals surface area contributed by atoms with E-state index in [-0.39, 0.29) is 0 Å². The van der Waals surface area contributed by atoms with Crippen molar-refractivity contribution in [2.45, 2.75) is 39.7 Å². The lowest BCUT2D eigenvalue weighted by atomic mass is 9.95. The van der Waals surface area contributed by atoms with Crippen molar-refractivity contribution in [3.63, 3.8) is 0 Å². The molecule has 0 radical (unpaired) electrons. The minimum absolute atomic E-state index is 0.677. The monoisotopic (exact) mass is 408 g/mol. The molecular weight excluding hydrogens is 378 g/mol. The third-order valence-electron chi connectivity index (χ3n) is 5.50. The molecule has 2 heterocycles. The maximum absolute atomic E-state index is 6.05. The Balaban J connectivity index is 1.85. The van der Waals surface area contributed by atoms with E-state index in [1.807, 2.05) is 6.07 Å². The van der Waals surface area contributed by atoms with E-state index in [1.54, 1.807) is 14.2 Å². The summed E-state index contributed by atoms with van der Waals surface area (Å²) in [6.45, 7) is 6.51. The highest BCUT2D eigenvalue weighted by atomic mass is 16.5. The lowest BCUT2D eigenvalue weighted by molar-refractivity contribution is -0.686. The van der Waals surface area contributed by atoms with Gasteiger partial charge in [0.2, 0.25) is 5.69 Å². The van der Waals surface area contributed by atoms with Gasteiger partial charge in [-0.05, 0) is 48.1 Å². The van der Waals surface area contributed by atoms with Crippen molar-refractivity contribution >= 4 is 10.8 Å². The summed E-state index contributed by atoms with van der Waals surface area (Å²) in [5, 5.41) is 2.17. The van der Waals surface area contributed by atoms with Gasteiger partial charge in [0.05, 0.1) is 38.4 Å². The zero-order chi connectivity index (χ0) is 21.1. The number of rotatable bonds is 8. The van der Waals surface area contributed by atoms with Crippen molar-refractivity contribution in [1.82, 2.24) is 0 Å². The maximum atomic E-state index is 6.05. The van der Waals surface area contributed by atoms with Gasteiger partial charge in [0.15, 0.2) is 35.7 Å². The number of hydrogen-bond acceptors (Lipinski definition) is 4.